The Hall–Kier alpha value is -4.30. The number of aliphatic hydroxyl groups is 1. The van der Waals surface area contributed by atoms with Crippen LogP contribution in [0.3, 0.4) is 0 Å². The number of H-pyrrole nitrogens is 2. The number of aromatic amines is 2. The highest BCUT2D eigenvalue weighted by atomic mass is 19.1. The number of halogens is 2. The maximum atomic E-state index is 14.9. The summed E-state index contributed by atoms with van der Waals surface area (Å²) in [4.78, 5) is 21.9. The van der Waals surface area contributed by atoms with Crippen molar-refractivity contribution in [3.8, 4) is 22.9 Å². The number of aliphatic hydroxyl groups excluding tert-OH is 1. The molecule has 8 heteroatoms. The van der Waals surface area contributed by atoms with E-state index in [1.807, 2.05) is 43.3 Å². The first-order valence-corrected chi connectivity index (χ1v) is 12.1. The summed E-state index contributed by atoms with van der Waals surface area (Å²) in [7, 11) is 1.00. The summed E-state index contributed by atoms with van der Waals surface area (Å²) in [5.74, 6) is -0.309. The lowest BCUT2D eigenvalue weighted by molar-refractivity contribution is -0.108. The number of aldehydes is 1. The highest BCUT2D eigenvalue weighted by Gasteiger charge is 2.31. The van der Waals surface area contributed by atoms with Crippen LogP contribution in [0.4, 0.5) is 8.78 Å². The van der Waals surface area contributed by atoms with Crippen LogP contribution >= 0.6 is 0 Å². The summed E-state index contributed by atoms with van der Waals surface area (Å²) >= 11 is 0. The highest BCUT2D eigenvalue weighted by Crippen LogP contribution is 2.38. The quantitative estimate of drug-likeness (QED) is 0.197. The van der Waals surface area contributed by atoms with Crippen molar-refractivity contribution in [1.29, 1.82) is 0 Å². The van der Waals surface area contributed by atoms with Gasteiger partial charge in [-0.25, -0.2) is 13.8 Å². The number of hydrogen-bond acceptors (Lipinski definition) is 4. The third kappa shape index (κ3) is 5.08. The maximum absolute atomic E-state index is 14.9. The van der Waals surface area contributed by atoms with Gasteiger partial charge in [0.05, 0.1) is 5.56 Å². The number of imidazole rings is 1. The molecule has 196 valence electrons. The van der Waals surface area contributed by atoms with Gasteiger partial charge < -0.3 is 24.6 Å². The molecule has 3 aromatic carbocycles. The number of aromatic nitrogens is 3. The molecular weight excluding hydrogens is 488 g/mol. The van der Waals surface area contributed by atoms with E-state index in [0.717, 1.165) is 30.0 Å². The number of nitrogens with zero attached hydrogens (tertiary/aromatic N) is 1. The van der Waals surface area contributed by atoms with Crippen LogP contribution in [0.1, 0.15) is 36.6 Å². The van der Waals surface area contributed by atoms with E-state index in [1.54, 1.807) is 19.3 Å². The number of hydrogen-bond donors (Lipinski definition) is 3. The van der Waals surface area contributed by atoms with Crippen molar-refractivity contribution >= 4 is 17.2 Å². The molecular formula is C30H29F2N3O3. The Morgan fingerprint density at radius 3 is 2.55 bits per heavy atom. The Bertz CT molecular complexity index is 1550. The minimum absolute atomic E-state index is 0.0882. The minimum Gasteiger partial charge on any atom is -0.454 e. The predicted molar refractivity (Wildman–Crippen MR) is 143 cm³/mol. The van der Waals surface area contributed by atoms with Gasteiger partial charge in [-0.15, -0.1) is 0 Å². The van der Waals surface area contributed by atoms with Gasteiger partial charge in [-0.3, -0.25) is 0 Å². The molecule has 0 radical (unpaired) electrons. The van der Waals surface area contributed by atoms with Crippen LogP contribution in [-0.2, 0) is 10.2 Å². The molecule has 1 atom stereocenters. The van der Waals surface area contributed by atoms with Gasteiger partial charge >= 0.3 is 0 Å². The van der Waals surface area contributed by atoms with Gasteiger partial charge in [0.25, 0.3) is 0 Å². The summed E-state index contributed by atoms with van der Waals surface area (Å²) in [6.07, 6.45) is 5.24. The van der Waals surface area contributed by atoms with Crippen LogP contribution in [0.5, 0.6) is 11.5 Å². The summed E-state index contributed by atoms with van der Waals surface area (Å²) in [6, 6.07) is 17.3. The standard InChI is InChI=1S/C29H25F2N3O2.CH4O/c1-18-21-11-13-32-25(21)16-24(31)27(18)36-20-9-10-23(30)22(15-20)28-33-17-26(34-28)29(2,12-6-14-35)19-7-4-3-5-8-19;1-2/h3-5,7-11,13-17,32H,6,12H2,1-2H3,(H,33,34);2H,1H3. The van der Waals surface area contributed by atoms with Gasteiger partial charge in [0.1, 0.15) is 23.7 Å². The third-order valence-corrected chi connectivity index (χ3v) is 6.77. The molecule has 0 aliphatic heterocycles. The monoisotopic (exact) mass is 517 g/mol. The van der Waals surface area contributed by atoms with Crippen molar-refractivity contribution in [1.82, 2.24) is 15.0 Å². The first-order valence-electron chi connectivity index (χ1n) is 12.1. The molecule has 0 amide bonds. The number of rotatable bonds is 8. The minimum atomic E-state index is -0.524. The summed E-state index contributed by atoms with van der Waals surface area (Å²) < 4.78 is 35.6. The molecule has 0 aliphatic rings. The SMILES string of the molecule is CO.Cc1c(Oc2ccc(F)c(-c3ncc(C(C)(CCC=O)c4ccccc4)[nH]3)c2)c(F)cc2[nH]ccc12. The molecule has 2 heterocycles. The van der Waals surface area contributed by atoms with Crippen molar-refractivity contribution in [2.45, 2.75) is 32.1 Å². The predicted octanol–water partition coefficient (Wildman–Crippen LogP) is 6.83. The van der Waals surface area contributed by atoms with E-state index < -0.39 is 17.0 Å². The first kappa shape index (κ1) is 26.8. The van der Waals surface area contributed by atoms with Crippen molar-refractivity contribution in [2.75, 3.05) is 7.11 Å². The number of aryl methyl sites for hydroxylation is 1. The van der Waals surface area contributed by atoms with Gasteiger partial charge in [-0.1, -0.05) is 30.3 Å². The van der Waals surface area contributed by atoms with Gasteiger partial charge in [-0.2, -0.15) is 0 Å². The van der Waals surface area contributed by atoms with Crippen LogP contribution in [-0.4, -0.2) is 33.5 Å². The number of fused-ring (bicyclic) bond motifs is 1. The van der Waals surface area contributed by atoms with Crippen LogP contribution in [0.15, 0.2) is 73.1 Å². The summed E-state index contributed by atoms with van der Waals surface area (Å²) in [5, 5.41) is 7.85. The Morgan fingerprint density at radius 2 is 1.82 bits per heavy atom. The zero-order chi connectivity index (χ0) is 27.3. The van der Waals surface area contributed by atoms with Crippen LogP contribution in [0.2, 0.25) is 0 Å². The second-order valence-corrected chi connectivity index (χ2v) is 9.04. The molecule has 1 unspecified atom stereocenters. The molecule has 6 nitrogen and oxygen atoms in total. The molecule has 2 aromatic heterocycles. The fraction of sp³-hybridized carbons (Fsp3) is 0.200. The van der Waals surface area contributed by atoms with Gasteiger partial charge in [0.15, 0.2) is 11.6 Å². The van der Waals surface area contributed by atoms with E-state index in [0.29, 0.717) is 29.7 Å². The van der Waals surface area contributed by atoms with Gasteiger partial charge in [0.2, 0.25) is 0 Å². The Kier molecular flexibility index (Phi) is 8.02. The largest absolute Gasteiger partial charge is 0.454 e. The smallest absolute Gasteiger partial charge is 0.168 e. The molecule has 38 heavy (non-hydrogen) atoms. The highest BCUT2D eigenvalue weighted by molar-refractivity contribution is 5.85. The second kappa shape index (κ2) is 11.4. The van der Waals surface area contributed by atoms with E-state index in [-0.39, 0.29) is 17.1 Å². The van der Waals surface area contributed by atoms with Crippen molar-refractivity contribution in [2.24, 2.45) is 0 Å². The molecule has 5 rings (SSSR count). The number of benzene rings is 3. The van der Waals surface area contributed by atoms with E-state index in [2.05, 4.69) is 15.0 Å². The Balaban J connectivity index is 0.00000164. The molecule has 0 bridgehead atoms. The number of ether oxygens (including phenoxy) is 1. The van der Waals surface area contributed by atoms with E-state index >= 15 is 0 Å². The lowest BCUT2D eigenvalue weighted by Gasteiger charge is -2.28. The molecule has 3 N–H and O–H groups in total. The lowest BCUT2D eigenvalue weighted by Crippen LogP contribution is -2.24. The summed E-state index contributed by atoms with van der Waals surface area (Å²) in [5.41, 5.74) is 2.78. The van der Waals surface area contributed by atoms with E-state index in [1.165, 1.54) is 24.3 Å². The molecule has 0 saturated heterocycles. The van der Waals surface area contributed by atoms with Crippen LogP contribution in [0, 0.1) is 18.6 Å². The molecule has 0 fully saturated rings. The first-order chi connectivity index (χ1) is 18.4. The zero-order valence-electron chi connectivity index (χ0n) is 21.4. The summed E-state index contributed by atoms with van der Waals surface area (Å²) in [6.45, 7) is 3.81. The third-order valence-electron chi connectivity index (χ3n) is 6.77. The topological polar surface area (TPSA) is 91.0 Å². The Labute approximate surface area is 219 Å². The normalized spacial score (nSPS) is 12.5. The molecule has 0 saturated carbocycles. The molecule has 0 aliphatic carbocycles. The fourth-order valence-corrected chi connectivity index (χ4v) is 4.64. The lowest BCUT2D eigenvalue weighted by atomic mass is 9.76. The van der Waals surface area contributed by atoms with Crippen molar-refractivity contribution in [3.63, 3.8) is 0 Å². The Morgan fingerprint density at radius 1 is 1.05 bits per heavy atom. The van der Waals surface area contributed by atoms with Gasteiger partial charge in [0, 0.05) is 59.6 Å². The number of carbonyl (C=O) groups is 1. The van der Waals surface area contributed by atoms with Crippen LogP contribution in [0.25, 0.3) is 22.3 Å². The van der Waals surface area contributed by atoms with Crippen LogP contribution < -0.4 is 4.74 Å². The average molecular weight is 518 g/mol. The number of nitrogens with one attached hydrogen (secondary N) is 2. The average Bonchev–Trinajstić information content (AvgIpc) is 3.63. The number of carbonyl (C=O) groups excluding carboxylic acids is 1. The van der Waals surface area contributed by atoms with Crippen molar-refractivity contribution in [3.05, 3.63) is 102 Å². The fourth-order valence-electron chi connectivity index (χ4n) is 4.64. The maximum Gasteiger partial charge on any atom is 0.168 e. The van der Waals surface area contributed by atoms with E-state index in [9.17, 15) is 13.6 Å². The van der Waals surface area contributed by atoms with E-state index in [4.69, 9.17) is 9.84 Å². The van der Waals surface area contributed by atoms with Crippen molar-refractivity contribution < 1.29 is 23.4 Å². The molecule has 5 aromatic rings. The zero-order valence-corrected chi connectivity index (χ0v) is 21.4. The van der Waals surface area contributed by atoms with Gasteiger partial charge in [-0.05, 0) is 50.1 Å². The second-order valence-electron chi connectivity index (χ2n) is 9.04. The molecule has 0 spiro atoms.